The number of hydrogen-bond acceptors (Lipinski definition) is 5. The standard InChI is InChI=1S/C17H22N4O3/c1-4-20-10-13(17(23)24)14(22)12-9-11(2)15(18-16(12)20)21-7-5-19(3)6-8-21/h9-10H,4-8H2,1-3H3,(H,23,24). The lowest BCUT2D eigenvalue weighted by Gasteiger charge is -2.34. The Kier molecular flexibility index (Phi) is 4.28. The molecular formula is C17H22N4O3. The zero-order chi connectivity index (χ0) is 17.4. The minimum Gasteiger partial charge on any atom is -0.477 e. The van der Waals surface area contributed by atoms with Crippen molar-refractivity contribution in [3.8, 4) is 0 Å². The number of carboxylic acids is 1. The maximum absolute atomic E-state index is 12.5. The van der Waals surface area contributed by atoms with E-state index in [4.69, 9.17) is 4.98 Å². The van der Waals surface area contributed by atoms with Crippen molar-refractivity contribution in [3.63, 3.8) is 0 Å². The van der Waals surface area contributed by atoms with Crippen LogP contribution in [0.4, 0.5) is 5.82 Å². The van der Waals surface area contributed by atoms with Crippen LogP contribution in [-0.2, 0) is 6.54 Å². The van der Waals surface area contributed by atoms with Gasteiger partial charge in [-0.1, -0.05) is 0 Å². The fraction of sp³-hybridized carbons (Fsp3) is 0.471. The quantitative estimate of drug-likeness (QED) is 0.910. The number of aryl methyl sites for hydroxylation is 2. The maximum atomic E-state index is 12.5. The second-order valence-electron chi connectivity index (χ2n) is 6.25. The normalized spacial score (nSPS) is 15.9. The van der Waals surface area contributed by atoms with Gasteiger partial charge in [0, 0.05) is 38.9 Å². The molecule has 128 valence electrons. The summed E-state index contributed by atoms with van der Waals surface area (Å²) >= 11 is 0. The maximum Gasteiger partial charge on any atom is 0.341 e. The summed E-state index contributed by atoms with van der Waals surface area (Å²) in [6.45, 7) is 8.10. The summed E-state index contributed by atoms with van der Waals surface area (Å²) in [6, 6.07) is 1.77. The molecular weight excluding hydrogens is 308 g/mol. The summed E-state index contributed by atoms with van der Waals surface area (Å²) < 4.78 is 1.74. The molecule has 1 fully saturated rings. The van der Waals surface area contributed by atoms with Gasteiger partial charge in [0.2, 0.25) is 5.43 Å². The Labute approximate surface area is 140 Å². The highest BCUT2D eigenvalue weighted by atomic mass is 16.4. The third-order valence-electron chi connectivity index (χ3n) is 4.59. The lowest BCUT2D eigenvalue weighted by atomic mass is 10.1. The van der Waals surface area contributed by atoms with Crippen LogP contribution in [0.1, 0.15) is 22.8 Å². The number of aromatic carboxylic acids is 1. The molecule has 1 aliphatic rings. The smallest absolute Gasteiger partial charge is 0.341 e. The van der Waals surface area contributed by atoms with Crippen LogP contribution >= 0.6 is 0 Å². The van der Waals surface area contributed by atoms with Gasteiger partial charge in [-0.3, -0.25) is 4.79 Å². The van der Waals surface area contributed by atoms with Crippen molar-refractivity contribution in [1.29, 1.82) is 0 Å². The molecule has 0 amide bonds. The molecule has 0 aliphatic carbocycles. The molecule has 2 aromatic rings. The number of likely N-dealkylation sites (N-methyl/N-ethyl adjacent to an activating group) is 1. The molecule has 0 bridgehead atoms. The summed E-state index contributed by atoms with van der Waals surface area (Å²) in [6.07, 6.45) is 1.39. The van der Waals surface area contributed by atoms with E-state index in [0.717, 1.165) is 37.6 Å². The van der Waals surface area contributed by atoms with E-state index < -0.39 is 11.4 Å². The van der Waals surface area contributed by atoms with Gasteiger partial charge < -0.3 is 19.5 Å². The predicted molar refractivity (Wildman–Crippen MR) is 93.1 cm³/mol. The van der Waals surface area contributed by atoms with Gasteiger partial charge in [-0.2, -0.15) is 0 Å². The highest BCUT2D eigenvalue weighted by Gasteiger charge is 2.21. The molecule has 0 unspecified atom stereocenters. The van der Waals surface area contributed by atoms with Crippen molar-refractivity contribution in [2.24, 2.45) is 0 Å². The number of hydrogen-bond donors (Lipinski definition) is 1. The van der Waals surface area contributed by atoms with E-state index in [1.165, 1.54) is 6.20 Å². The van der Waals surface area contributed by atoms with Crippen LogP contribution in [0, 0.1) is 6.92 Å². The number of anilines is 1. The van der Waals surface area contributed by atoms with Crippen LogP contribution < -0.4 is 10.3 Å². The Bertz CT molecular complexity index is 851. The first-order valence-corrected chi connectivity index (χ1v) is 8.14. The van der Waals surface area contributed by atoms with Gasteiger partial charge in [0.05, 0.1) is 5.39 Å². The first-order chi connectivity index (χ1) is 11.4. The summed E-state index contributed by atoms with van der Waals surface area (Å²) in [4.78, 5) is 33.0. The number of aromatic nitrogens is 2. The second kappa shape index (κ2) is 6.24. The van der Waals surface area contributed by atoms with Gasteiger partial charge in [0.1, 0.15) is 17.0 Å². The zero-order valence-electron chi connectivity index (χ0n) is 14.2. The molecule has 1 saturated heterocycles. The van der Waals surface area contributed by atoms with Gasteiger partial charge >= 0.3 is 5.97 Å². The van der Waals surface area contributed by atoms with Gasteiger partial charge in [0.15, 0.2) is 0 Å². The van der Waals surface area contributed by atoms with Crippen LogP contribution in [0.15, 0.2) is 17.1 Å². The molecule has 0 saturated carbocycles. The van der Waals surface area contributed by atoms with Gasteiger partial charge in [-0.25, -0.2) is 9.78 Å². The minimum atomic E-state index is -1.20. The Morgan fingerprint density at radius 1 is 1.29 bits per heavy atom. The van der Waals surface area contributed by atoms with Crippen molar-refractivity contribution in [1.82, 2.24) is 14.5 Å². The molecule has 1 aliphatic heterocycles. The van der Waals surface area contributed by atoms with Crippen molar-refractivity contribution in [2.45, 2.75) is 20.4 Å². The molecule has 1 N–H and O–H groups in total. The highest BCUT2D eigenvalue weighted by molar-refractivity contribution is 5.92. The lowest BCUT2D eigenvalue weighted by Crippen LogP contribution is -2.45. The number of rotatable bonds is 3. The van der Waals surface area contributed by atoms with E-state index in [1.54, 1.807) is 10.6 Å². The van der Waals surface area contributed by atoms with E-state index in [1.807, 2.05) is 13.8 Å². The molecule has 7 nitrogen and oxygen atoms in total. The second-order valence-corrected chi connectivity index (χ2v) is 6.25. The van der Waals surface area contributed by atoms with Crippen molar-refractivity contribution in [3.05, 3.63) is 33.6 Å². The number of carboxylic acid groups (broad SMARTS) is 1. The zero-order valence-corrected chi connectivity index (χ0v) is 14.2. The molecule has 3 heterocycles. The number of pyridine rings is 2. The monoisotopic (exact) mass is 330 g/mol. The summed E-state index contributed by atoms with van der Waals surface area (Å²) in [5.41, 5.74) is 0.766. The van der Waals surface area contributed by atoms with Gasteiger partial charge in [-0.15, -0.1) is 0 Å². The predicted octanol–water partition coefficient (Wildman–Crippen LogP) is 1.17. The average Bonchev–Trinajstić information content (AvgIpc) is 2.56. The van der Waals surface area contributed by atoms with E-state index in [-0.39, 0.29) is 5.56 Å². The largest absolute Gasteiger partial charge is 0.477 e. The first-order valence-electron chi connectivity index (χ1n) is 8.14. The van der Waals surface area contributed by atoms with E-state index >= 15 is 0 Å². The molecule has 0 atom stereocenters. The minimum absolute atomic E-state index is 0.210. The molecule has 2 aromatic heterocycles. The molecule has 0 spiro atoms. The first kappa shape index (κ1) is 16.4. The summed E-state index contributed by atoms with van der Waals surface area (Å²) in [5, 5.41) is 9.62. The van der Waals surface area contributed by atoms with Crippen LogP contribution in [0.3, 0.4) is 0 Å². The number of nitrogens with zero attached hydrogens (tertiary/aromatic N) is 4. The fourth-order valence-electron chi connectivity index (χ4n) is 3.13. The van der Waals surface area contributed by atoms with Crippen LogP contribution in [-0.4, -0.2) is 58.8 Å². The Hall–Kier alpha value is -2.41. The van der Waals surface area contributed by atoms with Crippen molar-refractivity contribution in [2.75, 3.05) is 38.1 Å². The van der Waals surface area contributed by atoms with Crippen LogP contribution in [0.2, 0.25) is 0 Å². The molecule has 24 heavy (non-hydrogen) atoms. The van der Waals surface area contributed by atoms with Gasteiger partial charge in [0.25, 0.3) is 0 Å². The Balaban J connectivity index is 2.18. The number of piperazine rings is 1. The average molecular weight is 330 g/mol. The number of fused-ring (bicyclic) bond motifs is 1. The summed E-state index contributed by atoms with van der Waals surface area (Å²) in [7, 11) is 2.10. The molecule has 0 radical (unpaired) electrons. The van der Waals surface area contributed by atoms with E-state index in [2.05, 4.69) is 16.8 Å². The SMILES string of the molecule is CCn1cc(C(=O)O)c(=O)c2cc(C)c(N3CCN(C)CC3)nc21. The Morgan fingerprint density at radius 3 is 2.54 bits per heavy atom. The number of carbonyl (C=O) groups is 1. The van der Waals surface area contributed by atoms with Crippen LogP contribution in [0.25, 0.3) is 11.0 Å². The molecule has 3 rings (SSSR count). The summed E-state index contributed by atoms with van der Waals surface area (Å²) in [5.74, 6) is -0.329. The van der Waals surface area contributed by atoms with E-state index in [9.17, 15) is 14.7 Å². The molecule has 7 heteroatoms. The third kappa shape index (κ3) is 2.75. The molecule has 0 aromatic carbocycles. The Morgan fingerprint density at radius 2 is 1.96 bits per heavy atom. The van der Waals surface area contributed by atoms with Crippen molar-refractivity contribution < 1.29 is 9.90 Å². The topological polar surface area (TPSA) is 78.7 Å². The van der Waals surface area contributed by atoms with E-state index in [0.29, 0.717) is 17.6 Å². The third-order valence-corrected chi connectivity index (χ3v) is 4.59. The van der Waals surface area contributed by atoms with Crippen molar-refractivity contribution >= 4 is 22.8 Å². The van der Waals surface area contributed by atoms with Gasteiger partial charge in [-0.05, 0) is 32.5 Å². The van der Waals surface area contributed by atoms with Crippen LogP contribution in [0.5, 0.6) is 0 Å². The fourth-order valence-corrected chi connectivity index (χ4v) is 3.13. The lowest BCUT2D eigenvalue weighted by molar-refractivity contribution is 0.0695. The highest BCUT2D eigenvalue weighted by Crippen LogP contribution is 2.23.